The number of amidine groups is 1. The molecule has 180 valence electrons. The minimum absolute atomic E-state index is 0.114. The van der Waals surface area contributed by atoms with Gasteiger partial charge in [-0.05, 0) is 6.07 Å². The summed E-state index contributed by atoms with van der Waals surface area (Å²) in [5.74, 6) is 2.67. The Morgan fingerprint density at radius 3 is 2.85 bits per heavy atom. The van der Waals surface area contributed by atoms with Crippen LogP contribution >= 0.6 is 11.8 Å². The average molecular weight is 507 g/mol. The quantitative estimate of drug-likeness (QED) is 0.378. The molecule has 0 amide bonds. The normalized spacial score (nSPS) is 14.6. The van der Waals surface area contributed by atoms with Gasteiger partial charge in [-0.25, -0.2) is 23.1 Å². The Morgan fingerprint density at radius 2 is 2.12 bits per heavy atom. The molecule has 0 aliphatic carbocycles. The summed E-state index contributed by atoms with van der Waals surface area (Å²) in [6, 6.07) is 3.73. The van der Waals surface area contributed by atoms with Crippen LogP contribution in [-0.2, 0) is 23.6 Å². The van der Waals surface area contributed by atoms with Gasteiger partial charge in [-0.15, -0.1) is 0 Å². The molecule has 2 aliphatic rings. The van der Waals surface area contributed by atoms with Gasteiger partial charge in [0.2, 0.25) is 23.0 Å². The summed E-state index contributed by atoms with van der Waals surface area (Å²) in [6.07, 6.45) is 3.40. The first-order valence-electron chi connectivity index (χ1n) is 10.5. The maximum atomic E-state index is 12.3. The third-order valence-corrected chi connectivity index (χ3v) is 7.81. The third kappa shape index (κ3) is 4.19. The van der Waals surface area contributed by atoms with Crippen molar-refractivity contribution in [3.8, 4) is 23.0 Å². The van der Waals surface area contributed by atoms with E-state index in [0.29, 0.717) is 46.4 Å². The van der Waals surface area contributed by atoms with Crippen molar-refractivity contribution in [3.63, 3.8) is 0 Å². The molecule has 2 aliphatic heterocycles. The van der Waals surface area contributed by atoms with Crippen LogP contribution in [0.1, 0.15) is 12.6 Å². The van der Waals surface area contributed by atoms with Crippen molar-refractivity contribution < 1.29 is 26.9 Å². The van der Waals surface area contributed by atoms with Crippen molar-refractivity contribution in [2.75, 3.05) is 31.1 Å². The van der Waals surface area contributed by atoms with Crippen LogP contribution < -0.4 is 29.8 Å². The molecular weight excluding hydrogens is 482 g/mol. The molecule has 4 N–H and O–H groups in total. The summed E-state index contributed by atoms with van der Waals surface area (Å²) >= 11 is 1.35. The van der Waals surface area contributed by atoms with Gasteiger partial charge in [0, 0.05) is 24.1 Å². The number of aryl methyl sites for hydroxylation is 1. The molecule has 34 heavy (non-hydrogen) atoms. The fourth-order valence-corrected chi connectivity index (χ4v) is 5.77. The Balaban J connectivity index is 1.57. The van der Waals surface area contributed by atoms with Gasteiger partial charge in [0.05, 0.1) is 5.75 Å². The molecule has 0 fully saturated rings. The highest BCUT2D eigenvalue weighted by Gasteiger charge is 2.29. The molecule has 14 heteroatoms. The number of rotatable bonds is 8. The van der Waals surface area contributed by atoms with E-state index in [1.165, 1.54) is 11.8 Å². The van der Waals surface area contributed by atoms with Crippen LogP contribution in [-0.4, -0.2) is 49.6 Å². The Hall–Kier alpha value is -3.23. The number of imidazole rings is 1. The molecule has 1 aromatic carbocycles. The van der Waals surface area contributed by atoms with Gasteiger partial charge in [0.25, 0.3) is 0 Å². The van der Waals surface area contributed by atoms with E-state index in [0.717, 1.165) is 10.5 Å². The molecule has 0 bridgehead atoms. The first-order valence-corrected chi connectivity index (χ1v) is 13.0. The number of aromatic nitrogens is 3. The number of anilines is 1. The van der Waals surface area contributed by atoms with Crippen LogP contribution in [0.3, 0.4) is 0 Å². The molecule has 12 nitrogen and oxygen atoms in total. The van der Waals surface area contributed by atoms with Gasteiger partial charge in [-0.2, -0.15) is 4.57 Å². The Morgan fingerprint density at radius 1 is 1.32 bits per heavy atom. The van der Waals surface area contributed by atoms with Crippen molar-refractivity contribution in [2.24, 2.45) is 17.8 Å². The lowest BCUT2D eigenvalue weighted by Gasteiger charge is -2.16. The first kappa shape index (κ1) is 22.6. The highest BCUT2D eigenvalue weighted by atomic mass is 32.2. The lowest BCUT2D eigenvalue weighted by molar-refractivity contribution is -0.662. The third-order valence-electron chi connectivity index (χ3n) is 5.31. The summed E-state index contributed by atoms with van der Waals surface area (Å²) in [5.41, 5.74) is 7.36. The summed E-state index contributed by atoms with van der Waals surface area (Å²) in [4.78, 5) is 9.69. The average Bonchev–Trinajstić information content (AvgIpc) is 3.51. The number of hydrogen-bond acceptors (Lipinski definition) is 10. The predicted octanol–water partition coefficient (Wildman–Crippen LogP) is 0.875. The molecule has 4 heterocycles. The van der Waals surface area contributed by atoms with E-state index >= 15 is 0 Å². The van der Waals surface area contributed by atoms with Gasteiger partial charge in [-0.1, -0.05) is 18.7 Å². The topological polar surface area (TPSA) is 150 Å². The smallest absolute Gasteiger partial charge is 0.381 e. The molecule has 0 radical (unpaired) electrons. The van der Waals surface area contributed by atoms with E-state index in [2.05, 4.69) is 15.0 Å². The van der Waals surface area contributed by atoms with E-state index in [4.69, 9.17) is 24.6 Å². The minimum atomic E-state index is -3.45. The Bertz CT molecular complexity index is 1380. The largest absolute Gasteiger partial charge is 0.454 e. The number of nitrogens with one attached hydrogen (secondary N) is 2. The number of benzene rings is 1. The molecule has 0 spiro atoms. The summed E-state index contributed by atoms with van der Waals surface area (Å²) in [6.45, 7) is 2.66. The molecule has 0 saturated heterocycles. The fraction of sp³-hybridized carbons (Fsp3) is 0.350. The van der Waals surface area contributed by atoms with Crippen LogP contribution in [0.25, 0.3) is 11.5 Å². The zero-order valence-corrected chi connectivity index (χ0v) is 20.2. The second kappa shape index (κ2) is 8.85. The molecule has 2 aromatic heterocycles. The van der Waals surface area contributed by atoms with E-state index in [9.17, 15) is 8.42 Å². The maximum absolute atomic E-state index is 12.3. The zero-order valence-electron chi connectivity index (χ0n) is 18.6. The van der Waals surface area contributed by atoms with Gasteiger partial charge < -0.3 is 29.5 Å². The minimum Gasteiger partial charge on any atom is -0.454 e. The van der Waals surface area contributed by atoms with Crippen molar-refractivity contribution in [1.82, 2.24) is 14.3 Å². The van der Waals surface area contributed by atoms with Gasteiger partial charge in [-0.3, -0.25) is 0 Å². The Labute approximate surface area is 200 Å². The fourth-order valence-electron chi connectivity index (χ4n) is 3.72. The number of hydrogen-bond donors (Lipinski definition) is 3. The van der Waals surface area contributed by atoms with E-state index in [1.807, 2.05) is 28.3 Å². The second-order valence-corrected chi connectivity index (χ2v) is 10.5. The van der Waals surface area contributed by atoms with Crippen molar-refractivity contribution in [3.05, 3.63) is 30.3 Å². The van der Waals surface area contributed by atoms with E-state index < -0.39 is 10.0 Å². The first-order chi connectivity index (χ1) is 16.4. The van der Waals surface area contributed by atoms with Crippen LogP contribution in [0.15, 0.2) is 44.1 Å². The number of fused-ring (bicyclic) bond motifs is 2. The predicted molar refractivity (Wildman–Crippen MR) is 124 cm³/mol. The highest BCUT2D eigenvalue weighted by molar-refractivity contribution is 7.99. The summed E-state index contributed by atoms with van der Waals surface area (Å²) in [7, 11) is -1.57. The van der Waals surface area contributed by atoms with Gasteiger partial charge in [0.1, 0.15) is 36.6 Å². The van der Waals surface area contributed by atoms with Crippen LogP contribution in [0.2, 0.25) is 0 Å². The van der Waals surface area contributed by atoms with Crippen molar-refractivity contribution in [2.45, 2.75) is 23.5 Å². The van der Waals surface area contributed by atoms with E-state index in [-0.39, 0.29) is 25.8 Å². The maximum Gasteiger partial charge on any atom is 0.381 e. The molecule has 3 aromatic rings. The number of nitrogens with zero attached hydrogens (tertiary/aromatic N) is 4. The number of oxazole rings is 1. The van der Waals surface area contributed by atoms with Crippen LogP contribution in [0.5, 0.6) is 11.5 Å². The molecule has 0 unspecified atom stereocenters. The van der Waals surface area contributed by atoms with Crippen molar-refractivity contribution >= 4 is 33.4 Å². The summed E-state index contributed by atoms with van der Waals surface area (Å²) < 4.78 is 47.7. The van der Waals surface area contributed by atoms with Crippen LogP contribution in [0.4, 0.5) is 5.82 Å². The number of nitrogens with two attached hydrogens (primary N) is 1. The van der Waals surface area contributed by atoms with E-state index in [1.54, 1.807) is 19.4 Å². The molecular formula is C20H24N7O5S2+. The number of ether oxygens (including phenoxy) is 2. The number of aliphatic imine (C=N–C) groups is 1. The lowest BCUT2D eigenvalue weighted by atomic mass is 10.2. The number of sulfonamides is 1. The second-order valence-electron chi connectivity index (χ2n) is 7.56. The molecule has 0 atom stereocenters. The Kier molecular flexibility index (Phi) is 5.87. The SMILES string of the molecule is CCNS(=O)(=O)CCn1c(Sc2cc3c(cc2-c2occ[n+]2C)OCO3)nc2c1NCN=C2N. The standard InChI is InChI=1S/C20H24N7O5S2/c1-3-24-34(28,29)7-5-27-18-16(17(21)22-10-23-18)25-20(27)33-15-9-14-13(31-11-32-14)8-12(15)19-26(2)4-6-30-19/h4,6,8-9,23-24H,3,5,7,10-11H2,1-2H3,(H2,21,22)/q+1. The van der Waals surface area contributed by atoms with Gasteiger partial charge >= 0.3 is 5.89 Å². The van der Waals surface area contributed by atoms with Crippen LogP contribution in [0, 0.1) is 0 Å². The molecule has 0 saturated carbocycles. The van der Waals surface area contributed by atoms with Crippen molar-refractivity contribution in [1.29, 1.82) is 0 Å². The lowest BCUT2D eigenvalue weighted by Crippen LogP contribution is -2.29. The zero-order chi connectivity index (χ0) is 23.9. The monoisotopic (exact) mass is 506 g/mol. The summed E-state index contributed by atoms with van der Waals surface area (Å²) in [5, 5.41) is 3.72. The molecule has 5 rings (SSSR count). The highest BCUT2D eigenvalue weighted by Crippen LogP contribution is 2.44. The van der Waals surface area contributed by atoms with Gasteiger partial charge in [0.15, 0.2) is 22.9 Å².